The largest absolute Gasteiger partial charge is 0.490 e. The number of aryl methyl sites for hydroxylation is 1. The predicted molar refractivity (Wildman–Crippen MR) is 176 cm³/mol. The van der Waals surface area contributed by atoms with Crippen LogP contribution in [0.15, 0.2) is 35.7 Å². The summed E-state index contributed by atoms with van der Waals surface area (Å²) in [6, 6.07) is 4.51. The summed E-state index contributed by atoms with van der Waals surface area (Å²) >= 11 is 0. The van der Waals surface area contributed by atoms with E-state index in [-0.39, 0.29) is 54.1 Å². The summed E-state index contributed by atoms with van der Waals surface area (Å²) in [5.74, 6) is -0.435. The normalized spacial score (nSPS) is 21.0. The van der Waals surface area contributed by atoms with Crippen LogP contribution < -0.4 is 10.1 Å². The van der Waals surface area contributed by atoms with Crippen molar-refractivity contribution in [3.8, 4) is 5.75 Å². The number of aromatic nitrogens is 2. The van der Waals surface area contributed by atoms with E-state index >= 15 is 0 Å². The third-order valence-corrected chi connectivity index (χ3v) is 9.85. The summed E-state index contributed by atoms with van der Waals surface area (Å²) in [6.07, 6.45) is 5.45. The second kappa shape index (κ2) is 17.2. The van der Waals surface area contributed by atoms with Crippen molar-refractivity contribution >= 4 is 27.5 Å². The third kappa shape index (κ3) is 10.5. The molecule has 2 heterocycles. The smallest absolute Gasteiger partial charge is 0.261 e. The van der Waals surface area contributed by atoms with Gasteiger partial charge in [-0.25, -0.2) is 13.4 Å². The maximum Gasteiger partial charge on any atom is 0.261 e. The molecule has 46 heavy (non-hydrogen) atoms. The molecular formula is C32H52N6O7S. The number of amides is 2. The molecule has 2 N–H and O–H groups in total. The number of fused-ring (bicyclic) bond motifs is 1. The molecule has 1 aliphatic rings. The van der Waals surface area contributed by atoms with E-state index in [1.807, 2.05) is 32.8 Å². The Bertz CT molecular complexity index is 1400. The zero-order valence-corrected chi connectivity index (χ0v) is 29.1. The van der Waals surface area contributed by atoms with Gasteiger partial charge in [-0.05, 0) is 78.4 Å². The lowest BCUT2D eigenvalue weighted by Crippen LogP contribution is -2.48. The Morgan fingerprint density at radius 2 is 1.96 bits per heavy atom. The number of hydrogen-bond donors (Lipinski definition) is 2. The van der Waals surface area contributed by atoms with E-state index in [4.69, 9.17) is 9.47 Å². The number of aliphatic hydroxyl groups excluding tert-OH is 1. The highest BCUT2D eigenvalue weighted by molar-refractivity contribution is 7.89. The first-order valence-corrected chi connectivity index (χ1v) is 17.4. The number of carbonyl (C=O) groups excluding carboxylic acids is 2. The number of hydrogen-bond acceptors (Lipinski definition) is 9. The van der Waals surface area contributed by atoms with Gasteiger partial charge in [0.2, 0.25) is 5.91 Å². The number of nitrogens with zero attached hydrogens (tertiary/aromatic N) is 5. The summed E-state index contributed by atoms with van der Waals surface area (Å²) in [4.78, 5) is 34.6. The number of benzene rings is 1. The molecule has 0 aliphatic carbocycles. The van der Waals surface area contributed by atoms with Gasteiger partial charge in [0.25, 0.3) is 15.9 Å². The Balaban J connectivity index is 1.92. The van der Waals surface area contributed by atoms with Crippen molar-refractivity contribution in [3.05, 3.63) is 36.3 Å². The molecule has 0 fully saturated rings. The molecule has 0 saturated carbocycles. The minimum Gasteiger partial charge on any atom is -0.490 e. The quantitative estimate of drug-likeness (QED) is 0.370. The van der Waals surface area contributed by atoms with Crippen LogP contribution in [0.4, 0.5) is 5.69 Å². The number of sulfonamides is 1. The van der Waals surface area contributed by atoms with Crippen LogP contribution in [0, 0.1) is 5.92 Å². The standard InChI is InChI=1S/C32H52N6O7S/c1-23-18-38(24(2)21-39)32(41)27-17-26(34-30(40)12-10-15-35(4)5)13-14-28(27)45-25(3)11-8-9-16-44-29(23)19-37(7)46(42,43)31-20-36(6)22-33-31/h13-14,17,20,22-25,29,39H,8-12,15-16,18-19,21H2,1-7H3,(H,34,40)/t23-,24-,25+,29-/m1/s1. The van der Waals surface area contributed by atoms with E-state index in [1.165, 1.54) is 23.9 Å². The predicted octanol–water partition coefficient (Wildman–Crippen LogP) is 2.82. The number of carbonyl (C=O) groups is 2. The van der Waals surface area contributed by atoms with Gasteiger partial charge in [-0.2, -0.15) is 4.31 Å². The zero-order valence-electron chi connectivity index (χ0n) is 28.3. The van der Waals surface area contributed by atoms with Gasteiger partial charge in [-0.1, -0.05) is 6.92 Å². The summed E-state index contributed by atoms with van der Waals surface area (Å²) in [5.41, 5.74) is 0.751. The van der Waals surface area contributed by atoms with Gasteiger partial charge in [0.15, 0.2) is 5.03 Å². The molecule has 3 rings (SSSR count). The van der Waals surface area contributed by atoms with Gasteiger partial charge in [0, 0.05) is 58.0 Å². The molecule has 2 aromatic rings. The summed E-state index contributed by atoms with van der Waals surface area (Å²) in [6.45, 7) is 6.74. The van der Waals surface area contributed by atoms with Crippen molar-refractivity contribution in [3.63, 3.8) is 0 Å². The van der Waals surface area contributed by atoms with Crippen LogP contribution in [0.3, 0.4) is 0 Å². The number of imidazole rings is 1. The Kier molecular flexibility index (Phi) is 14.0. The van der Waals surface area contributed by atoms with E-state index in [9.17, 15) is 23.1 Å². The van der Waals surface area contributed by atoms with E-state index in [0.717, 1.165) is 19.4 Å². The molecule has 4 atom stereocenters. The molecule has 2 amide bonds. The van der Waals surface area contributed by atoms with Crippen LogP contribution in [0.1, 0.15) is 63.2 Å². The minimum absolute atomic E-state index is 0.0513. The van der Waals surface area contributed by atoms with E-state index in [2.05, 4.69) is 10.3 Å². The van der Waals surface area contributed by atoms with Gasteiger partial charge in [-0.3, -0.25) is 9.59 Å². The monoisotopic (exact) mass is 664 g/mol. The maximum absolute atomic E-state index is 14.3. The fourth-order valence-electron chi connectivity index (χ4n) is 5.28. The van der Waals surface area contributed by atoms with Crippen LogP contribution in [-0.4, -0.2) is 121 Å². The molecule has 13 nitrogen and oxygen atoms in total. The summed E-state index contributed by atoms with van der Waals surface area (Å²) in [7, 11) is 3.24. The average molecular weight is 665 g/mol. The lowest BCUT2D eigenvalue weighted by molar-refractivity contribution is -0.116. The number of nitrogens with one attached hydrogen (secondary N) is 1. The first-order chi connectivity index (χ1) is 21.7. The van der Waals surface area contributed by atoms with Gasteiger partial charge < -0.3 is 34.3 Å². The van der Waals surface area contributed by atoms with Crippen LogP contribution in [0.25, 0.3) is 0 Å². The molecule has 0 spiro atoms. The van der Waals surface area contributed by atoms with E-state index in [1.54, 1.807) is 41.6 Å². The van der Waals surface area contributed by atoms with Gasteiger partial charge in [-0.15, -0.1) is 0 Å². The highest BCUT2D eigenvalue weighted by atomic mass is 32.2. The molecular weight excluding hydrogens is 612 g/mol. The molecule has 1 aromatic heterocycles. The van der Waals surface area contributed by atoms with Gasteiger partial charge >= 0.3 is 0 Å². The fraction of sp³-hybridized carbons (Fsp3) is 0.656. The summed E-state index contributed by atoms with van der Waals surface area (Å²) in [5, 5.41) is 13.0. The molecule has 0 radical (unpaired) electrons. The van der Waals surface area contributed by atoms with Crippen molar-refractivity contribution in [2.45, 2.75) is 76.2 Å². The molecule has 258 valence electrons. The number of anilines is 1. The second-order valence-electron chi connectivity index (χ2n) is 12.6. The van der Waals surface area contributed by atoms with E-state index < -0.39 is 22.2 Å². The van der Waals surface area contributed by atoms with Crippen molar-refractivity contribution in [2.75, 3.05) is 59.3 Å². The van der Waals surface area contributed by atoms with Crippen LogP contribution in [0.2, 0.25) is 0 Å². The lowest BCUT2D eigenvalue weighted by Gasteiger charge is -2.35. The Hall–Kier alpha value is -3.04. The first kappa shape index (κ1) is 37.4. The molecule has 1 aliphatic heterocycles. The molecule has 0 bridgehead atoms. The number of aliphatic hydroxyl groups is 1. The Labute approximate surface area is 273 Å². The number of rotatable bonds is 11. The zero-order chi connectivity index (χ0) is 34.0. The first-order valence-electron chi connectivity index (χ1n) is 16.0. The number of ether oxygens (including phenoxy) is 2. The highest BCUT2D eigenvalue weighted by Gasteiger charge is 2.33. The third-order valence-electron chi connectivity index (χ3n) is 8.14. The highest BCUT2D eigenvalue weighted by Crippen LogP contribution is 2.29. The summed E-state index contributed by atoms with van der Waals surface area (Å²) < 4.78 is 41.9. The van der Waals surface area contributed by atoms with Crippen LogP contribution in [0.5, 0.6) is 5.75 Å². The molecule has 1 aromatic carbocycles. The lowest BCUT2D eigenvalue weighted by atomic mass is 10.0. The fourth-order valence-corrected chi connectivity index (χ4v) is 6.42. The number of likely N-dealkylation sites (N-methyl/N-ethyl adjacent to an activating group) is 1. The van der Waals surface area contributed by atoms with Crippen LogP contribution >= 0.6 is 0 Å². The van der Waals surface area contributed by atoms with Gasteiger partial charge in [0.05, 0.1) is 36.7 Å². The van der Waals surface area contributed by atoms with Gasteiger partial charge in [0.1, 0.15) is 5.75 Å². The average Bonchev–Trinajstić information content (AvgIpc) is 3.45. The second-order valence-corrected chi connectivity index (χ2v) is 14.6. The van der Waals surface area contributed by atoms with Crippen LogP contribution in [-0.2, 0) is 26.6 Å². The van der Waals surface area contributed by atoms with Crippen molar-refractivity contribution in [1.29, 1.82) is 0 Å². The van der Waals surface area contributed by atoms with Crippen molar-refractivity contribution < 1.29 is 32.6 Å². The Morgan fingerprint density at radius 1 is 1.22 bits per heavy atom. The van der Waals surface area contributed by atoms with Crippen molar-refractivity contribution in [2.24, 2.45) is 13.0 Å². The molecule has 0 unspecified atom stereocenters. The minimum atomic E-state index is -3.87. The van der Waals surface area contributed by atoms with E-state index in [0.29, 0.717) is 37.3 Å². The maximum atomic E-state index is 14.3. The molecule has 0 saturated heterocycles. The van der Waals surface area contributed by atoms with Crippen molar-refractivity contribution in [1.82, 2.24) is 23.7 Å². The topological polar surface area (TPSA) is 147 Å². The molecule has 14 heteroatoms. The SMILES string of the molecule is C[C@@H]1CN([C@H](C)CO)C(=O)c2cc(NC(=O)CCCN(C)C)ccc2O[C@@H](C)CCCCO[C@@H]1CN(C)S(=O)(=O)c1cn(C)cn1. The Morgan fingerprint density at radius 3 is 2.61 bits per heavy atom.